The Morgan fingerprint density at radius 2 is 1.73 bits per heavy atom. The van der Waals surface area contributed by atoms with Crippen molar-refractivity contribution in [2.24, 2.45) is 7.05 Å². The summed E-state index contributed by atoms with van der Waals surface area (Å²) in [6.07, 6.45) is 0. The number of halogens is 2. The zero-order valence-electron chi connectivity index (χ0n) is 11.8. The molecule has 2 aromatic carbocycles. The Bertz CT molecular complexity index is 784. The highest BCUT2D eigenvalue weighted by Gasteiger charge is 2.11. The van der Waals surface area contributed by atoms with Crippen molar-refractivity contribution in [2.45, 2.75) is 10.9 Å². The maximum absolute atomic E-state index is 6.18. The standard InChI is InChI=1S/C16H13Cl2N3S/c1-21-15(11-6-8-13(17)9-7-11)19-20-16(21)22-10-12-4-2-3-5-14(12)18/h2-9H,10H2,1H3. The van der Waals surface area contributed by atoms with Crippen molar-refractivity contribution in [3.8, 4) is 11.4 Å². The van der Waals surface area contributed by atoms with Crippen LogP contribution >= 0.6 is 35.0 Å². The van der Waals surface area contributed by atoms with Crippen molar-refractivity contribution in [2.75, 3.05) is 0 Å². The molecule has 0 aliphatic carbocycles. The Labute approximate surface area is 143 Å². The van der Waals surface area contributed by atoms with Crippen molar-refractivity contribution >= 4 is 35.0 Å². The summed E-state index contributed by atoms with van der Waals surface area (Å²) < 4.78 is 1.98. The molecule has 22 heavy (non-hydrogen) atoms. The Balaban J connectivity index is 1.79. The maximum Gasteiger partial charge on any atom is 0.191 e. The van der Waals surface area contributed by atoms with Gasteiger partial charge in [-0.3, -0.25) is 0 Å². The first-order chi connectivity index (χ1) is 10.6. The van der Waals surface area contributed by atoms with E-state index in [1.54, 1.807) is 11.8 Å². The van der Waals surface area contributed by atoms with E-state index in [4.69, 9.17) is 23.2 Å². The van der Waals surface area contributed by atoms with E-state index < -0.39 is 0 Å². The molecular formula is C16H13Cl2N3S. The molecule has 3 aromatic rings. The fourth-order valence-electron chi connectivity index (χ4n) is 2.05. The molecule has 0 saturated heterocycles. The molecule has 0 aliphatic heterocycles. The molecule has 112 valence electrons. The van der Waals surface area contributed by atoms with E-state index in [2.05, 4.69) is 10.2 Å². The first kappa shape index (κ1) is 15.4. The number of thioether (sulfide) groups is 1. The predicted octanol–water partition coefficient (Wildman–Crippen LogP) is 5.08. The van der Waals surface area contributed by atoms with E-state index in [0.717, 1.165) is 32.9 Å². The van der Waals surface area contributed by atoms with Gasteiger partial charge in [-0.25, -0.2) is 0 Å². The van der Waals surface area contributed by atoms with Gasteiger partial charge in [0.15, 0.2) is 11.0 Å². The van der Waals surface area contributed by atoms with Crippen molar-refractivity contribution in [3.63, 3.8) is 0 Å². The number of benzene rings is 2. The zero-order valence-corrected chi connectivity index (χ0v) is 14.2. The van der Waals surface area contributed by atoms with E-state index in [9.17, 15) is 0 Å². The average Bonchev–Trinajstić information content (AvgIpc) is 2.88. The van der Waals surface area contributed by atoms with Crippen molar-refractivity contribution in [1.29, 1.82) is 0 Å². The van der Waals surface area contributed by atoms with E-state index in [0.29, 0.717) is 5.02 Å². The molecule has 3 nitrogen and oxygen atoms in total. The Morgan fingerprint density at radius 3 is 2.45 bits per heavy atom. The Kier molecular flexibility index (Phi) is 4.71. The Morgan fingerprint density at radius 1 is 1.00 bits per heavy atom. The summed E-state index contributed by atoms with van der Waals surface area (Å²) in [5, 5.41) is 10.9. The largest absolute Gasteiger partial charge is 0.305 e. The Hall–Kier alpha value is -1.49. The van der Waals surface area contributed by atoms with Gasteiger partial charge < -0.3 is 4.57 Å². The molecule has 0 fully saturated rings. The quantitative estimate of drug-likeness (QED) is 0.615. The lowest BCUT2D eigenvalue weighted by Gasteiger charge is -2.05. The second-order valence-electron chi connectivity index (χ2n) is 4.75. The molecule has 1 heterocycles. The van der Waals surface area contributed by atoms with E-state index in [1.807, 2.05) is 60.1 Å². The molecular weight excluding hydrogens is 337 g/mol. The zero-order chi connectivity index (χ0) is 15.5. The third-order valence-electron chi connectivity index (χ3n) is 3.25. The highest BCUT2D eigenvalue weighted by molar-refractivity contribution is 7.98. The van der Waals surface area contributed by atoms with Crippen LogP contribution in [0, 0.1) is 0 Å². The molecule has 0 N–H and O–H groups in total. The smallest absolute Gasteiger partial charge is 0.191 e. The highest BCUT2D eigenvalue weighted by Crippen LogP contribution is 2.28. The van der Waals surface area contributed by atoms with Gasteiger partial charge in [0.25, 0.3) is 0 Å². The first-order valence-corrected chi connectivity index (χ1v) is 8.41. The minimum atomic E-state index is 0.708. The summed E-state index contributed by atoms with van der Waals surface area (Å²) >= 11 is 13.7. The lowest BCUT2D eigenvalue weighted by molar-refractivity contribution is 0.794. The molecule has 0 spiro atoms. The fraction of sp³-hybridized carbons (Fsp3) is 0.125. The van der Waals surface area contributed by atoms with Crippen LogP contribution in [0.3, 0.4) is 0 Å². The lowest BCUT2D eigenvalue weighted by atomic mass is 10.2. The van der Waals surface area contributed by atoms with E-state index in [1.165, 1.54) is 0 Å². The molecule has 3 rings (SSSR count). The van der Waals surface area contributed by atoms with Gasteiger partial charge in [-0.2, -0.15) is 0 Å². The van der Waals surface area contributed by atoms with Crippen LogP contribution in [0.15, 0.2) is 53.7 Å². The van der Waals surface area contributed by atoms with Gasteiger partial charge in [-0.15, -0.1) is 10.2 Å². The van der Waals surface area contributed by atoms with Crippen LogP contribution in [0.4, 0.5) is 0 Å². The van der Waals surface area contributed by atoms with Crippen molar-refractivity contribution < 1.29 is 0 Å². The monoisotopic (exact) mass is 349 g/mol. The summed E-state index contributed by atoms with van der Waals surface area (Å²) in [6, 6.07) is 15.4. The van der Waals surface area contributed by atoms with Crippen LogP contribution < -0.4 is 0 Å². The van der Waals surface area contributed by atoms with Crippen LogP contribution in [0.5, 0.6) is 0 Å². The van der Waals surface area contributed by atoms with Gasteiger partial charge in [-0.1, -0.05) is 53.2 Å². The van der Waals surface area contributed by atoms with Crippen LogP contribution in [-0.2, 0) is 12.8 Å². The van der Waals surface area contributed by atoms with E-state index in [-0.39, 0.29) is 0 Å². The molecule has 0 aliphatic rings. The van der Waals surface area contributed by atoms with Gasteiger partial charge in [0.2, 0.25) is 0 Å². The van der Waals surface area contributed by atoms with Gasteiger partial charge in [-0.05, 0) is 35.9 Å². The SMILES string of the molecule is Cn1c(SCc2ccccc2Cl)nnc1-c1ccc(Cl)cc1. The molecule has 6 heteroatoms. The third-order valence-corrected chi connectivity index (χ3v) is 4.94. The summed E-state index contributed by atoms with van der Waals surface area (Å²) in [7, 11) is 1.96. The molecule has 1 aromatic heterocycles. The average molecular weight is 350 g/mol. The van der Waals surface area contributed by atoms with E-state index >= 15 is 0 Å². The van der Waals surface area contributed by atoms with Crippen LogP contribution in [0.25, 0.3) is 11.4 Å². The lowest BCUT2D eigenvalue weighted by Crippen LogP contribution is -1.95. The summed E-state index contributed by atoms with van der Waals surface area (Å²) in [5.74, 6) is 1.57. The van der Waals surface area contributed by atoms with Gasteiger partial charge in [0.05, 0.1) is 0 Å². The second kappa shape index (κ2) is 6.73. The molecule has 0 unspecified atom stereocenters. The molecule has 0 saturated carbocycles. The van der Waals surface area contributed by atoms with Crippen LogP contribution in [-0.4, -0.2) is 14.8 Å². The first-order valence-electron chi connectivity index (χ1n) is 6.66. The summed E-state index contributed by atoms with van der Waals surface area (Å²) in [5.41, 5.74) is 2.08. The molecule has 0 bridgehead atoms. The minimum absolute atomic E-state index is 0.708. The maximum atomic E-state index is 6.18. The normalized spacial score (nSPS) is 10.9. The topological polar surface area (TPSA) is 30.7 Å². The third kappa shape index (κ3) is 3.29. The fourth-order valence-corrected chi connectivity index (χ4v) is 3.37. The summed E-state index contributed by atoms with van der Waals surface area (Å²) in [4.78, 5) is 0. The number of rotatable bonds is 4. The molecule has 0 radical (unpaired) electrons. The minimum Gasteiger partial charge on any atom is -0.305 e. The van der Waals surface area contributed by atoms with Gasteiger partial charge in [0.1, 0.15) is 0 Å². The molecule has 0 atom stereocenters. The number of hydrogen-bond donors (Lipinski definition) is 0. The number of nitrogens with zero attached hydrogens (tertiary/aromatic N) is 3. The van der Waals surface area contributed by atoms with Crippen LogP contribution in [0.1, 0.15) is 5.56 Å². The van der Waals surface area contributed by atoms with Gasteiger partial charge >= 0.3 is 0 Å². The number of aromatic nitrogens is 3. The van der Waals surface area contributed by atoms with Gasteiger partial charge in [0, 0.05) is 28.4 Å². The van der Waals surface area contributed by atoms with Crippen molar-refractivity contribution in [1.82, 2.24) is 14.8 Å². The van der Waals surface area contributed by atoms with Crippen LogP contribution in [0.2, 0.25) is 10.0 Å². The van der Waals surface area contributed by atoms with Crippen molar-refractivity contribution in [3.05, 3.63) is 64.1 Å². The second-order valence-corrected chi connectivity index (χ2v) is 6.54. The predicted molar refractivity (Wildman–Crippen MR) is 92.5 cm³/mol. The number of hydrogen-bond acceptors (Lipinski definition) is 3. The molecule has 0 amide bonds. The summed E-state index contributed by atoms with van der Waals surface area (Å²) in [6.45, 7) is 0. The highest BCUT2D eigenvalue weighted by atomic mass is 35.5.